The number of ether oxygens (including phenoxy) is 1. The minimum absolute atomic E-state index is 0.0352. The highest BCUT2D eigenvalue weighted by Crippen LogP contribution is 2.71. The second-order valence-corrected chi connectivity index (χ2v) is 14.0. The van der Waals surface area contributed by atoms with E-state index >= 15 is 0 Å². The first-order valence-electron chi connectivity index (χ1n) is 15.9. The van der Waals surface area contributed by atoms with Crippen LogP contribution in [0.15, 0.2) is 66.2 Å². The molecule has 7 atom stereocenters. The van der Waals surface area contributed by atoms with E-state index in [4.69, 9.17) is 4.74 Å². The van der Waals surface area contributed by atoms with Crippen LogP contribution < -0.4 is 0 Å². The zero-order valence-corrected chi connectivity index (χ0v) is 24.9. The third kappa shape index (κ3) is 3.80. The van der Waals surface area contributed by atoms with E-state index in [-0.39, 0.29) is 29.3 Å². The second kappa shape index (κ2) is 9.87. The molecule has 3 fully saturated rings. The monoisotopic (exact) mass is 569 g/mol. The van der Waals surface area contributed by atoms with Crippen LogP contribution in [0.3, 0.4) is 0 Å². The van der Waals surface area contributed by atoms with Crippen LogP contribution >= 0.6 is 0 Å². The molecule has 2 aromatic carbocycles. The number of rotatable bonds is 6. The van der Waals surface area contributed by atoms with Crippen LogP contribution in [-0.2, 0) is 10.3 Å². The lowest BCUT2D eigenvalue weighted by molar-refractivity contribution is -0.222. The van der Waals surface area contributed by atoms with Gasteiger partial charge in [-0.25, -0.2) is 0 Å². The standard InChI is InChI=1S/C36H43NO5/c1-33-17-15-26(42-22-8-21-37-31(38)27-11-6-7-12-28(27)32(37)39)23-25(33)13-14-30-29(33)16-18-34(2)35(40,19-20-36(30,34)41)24-9-4-3-5-10-24/h3-7,9-12,23,26,29-30,40-41H,8,13-22H2,1-2H3/t26?,29-,30-,33+,34-,35?,36-/m1/s1. The fourth-order valence-corrected chi connectivity index (χ4v) is 9.89. The maximum Gasteiger partial charge on any atom is 0.261 e. The number of benzene rings is 2. The normalized spacial score (nSPS) is 38.9. The van der Waals surface area contributed by atoms with Crippen LogP contribution in [0.25, 0.3) is 0 Å². The Morgan fingerprint density at radius 3 is 2.24 bits per heavy atom. The van der Waals surface area contributed by atoms with Crippen LogP contribution in [-0.4, -0.2) is 51.8 Å². The summed E-state index contributed by atoms with van der Waals surface area (Å²) >= 11 is 0. The molecule has 2 amide bonds. The predicted molar refractivity (Wildman–Crippen MR) is 160 cm³/mol. The van der Waals surface area contributed by atoms with Gasteiger partial charge in [0.2, 0.25) is 0 Å². The summed E-state index contributed by atoms with van der Waals surface area (Å²) in [4.78, 5) is 26.6. The summed E-state index contributed by atoms with van der Waals surface area (Å²) in [5.41, 5.74) is 0.952. The molecule has 0 aromatic heterocycles. The summed E-state index contributed by atoms with van der Waals surface area (Å²) < 4.78 is 6.29. The van der Waals surface area contributed by atoms with Gasteiger partial charge in [0.05, 0.1) is 28.4 Å². The van der Waals surface area contributed by atoms with Crippen LogP contribution in [0.2, 0.25) is 0 Å². The van der Waals surface area contributed by atoms with Crippen molar-refractivity contribution >= 4 is 11.8 Å². The lowest BCUT2D eigenvalue weighted by Crippen LogP contribution is -2.63. The van der Waals surface area contributed by atoms with E-state index in [1.54, 1.807) is 24.3 Å². The molecule has 0 spiro atoms. The third-order valence-electron chi connectivity index (χ3n) is 12.4. The minimum atomic E-state index is -1.01. The van der Waals surface area contributed by atoms with Gasteiger partial charge in [0.1, 0.15) is 0 Å². The molecular weight excluding hydrogens is 526 g/mol. The van der Waals surface area contributed by atoms with Crippen molar-refractivity contribution in [1.29, 1.82) is 0 Å². The summed E-state index contributed by atoms with van der Waals surface area (Å²) in [7, 11) is 0. The fraction of sp³-hybridized carbons (Fsp3) is 0.556. The van der Waals surface area contributed by atoms with Crippen molar-refractivity contribution in [3.05, 3.63) is 82.9 Å². The smallest absolute Gasteiger partial charge is 0.261 e. The summed E-state index contributed by atoms with van der Waals surface area (Å²) in [6, 6.07) is 17.0. The molecule has 2 N–H and O–H groups in total. The first-order valence-corrected chi connectivity index (χ1v) is 15.9. The van der Waals surface area contributed by atoms with Gasteiger partial charge in [0.25, 0.3) is 11.8 Å². The van der Waals surface area contributed by atoms with Crippen LogP contribution in [0.4, 0.5) is 0 Å². The van der Waals surface area contributed by atoms with Crippen LogP contribution in [0.1, 0.15) is 97.9 Å². The number of carbonyl (C=O) groups is 2. The maximum absolute atomic E-state index is 12.7. The van der Waals surface area contributed by atoms with Crippen LogP contribution in [0, 0.1) is 22.7 Å². The number of amides is 2. The molecule has 222 valence electrons. The first-order chi connectivity index (χ1) is 20.1. The van der Waals surface area contributed by atoms with Gasteiger partial charge >= 0.3 is 0 Å². The lowest BCUT2D eigenvalue weighted by Gasteiger charge is -2.62. The molecule has 3 saturated carbocycles. The van der Waals surface area contributed by atoms with E-state index in [0.717, 1.165) is 44.1 Å². The Labute approximate surface area is 248 Å². The average Bonchev–Trinajstić information content (AvgIpc) is 3.38. The highest BCUT2D eigenvalue weighted by molar-refractivity contribution is 6.21. The molecule has 0 bridgehead atoms. The molecule has 0 saturated heterocycles. The summed E-state index contributed by atoms with van der Waals surface area (Å²) in [5.74, 6) is 0.145. The molecule has 6 nitrogen and oxygen atoms in total. The Morgan fingerprint density at radius 2 is 1.52 bits per heavy atom. The molecule has 7 rings (SSSR count). The van der Waals surface area contributed by atoms with E-state index in [1.165, 1.54) is 10.5 Å². The second-order valence-electron chi connectivity index (χ2n) is 14.0. The molecule has 1 aliphatic heterocycles. The molecule has 4 aliphatic carbocycles. The lowest BCUT2D eigenvalue weighted by atomic mass is 9.44. The van der Waals surface area contributed by atoms with Gasteiger partial charge in [0, 0.05) is 18.6 Å². The first kappa shape index (κ1) is 28.0. The Bertz CT molecular complexity index is 1400. The Morgan fingerprint density at radius 1 is 0.833 bits per heavy atom. The van der Waals surface area contributed by atoms with Gasteiger partial charge in [0.15, 0.2) is 0 Å². The number of nitrogens with zero attached hydrogens (tertiary/aromatic N) is 1. The summed E-state index contributed by atoms with van der Waals surface area (Å²) in [6.45, 7) is 5.41. The maximum atomic E-state index is 12.7. The van der Waals surface area contributed by atoms with Crippen molar-refractivity contribution in [2.24, 2.45) is 22.7 Å². The van der Waals surface area contributed by atoms with Gasteiger partial charge in [-0.05, 0) is 92.7 Å². The predicted octanol–water partition coefficient (Wildman–Crippen LogP) is 6.02. The van der Waals surface area contributed by atoms with Gasteiger partial charge in [-0.1, -0.05) is 68.0 Å². The van der Waals surface area contributed by atoms with E-state index in [2.05, 4.69) is 19.9 Å². The molecule has 42 heavy (non-hydrogen) atoms. The van der Waals surface area contributed by atoms with E-state index < -0.39 is 16.6 Å². The highest BCUT2D eigenvalue weighted by Gasteiger charge is 2.71. The largest absolute Gasteiger partial charge is 0.389 e. The highest BCUT2D eigenvalue weighted by atomic mass is 16.5. The molecule has 0 radical (unpaired) electrons. The van der Waals surface area contributed by atoms with E-state index in [0.29, 0.717) is 49.5 Å². The van der Waals surface area contributed by atoms with Crippen molar-refractivity contribution in [1.82, 2.24) is 4.90 Å². The van der Waals surface area contributed by atoms with Gasteiger partial charge in [-0.2, -0.15) is 0 Å². The number of carbonyl (C=O) groups excluding carboxylic acids is 2. The Hall–Kier alpha value is -2.80. The summed E-state index contributed by atoms with van der Waals surface area (Å²) in [5, 5.41) is 24.6. The van der Waals surface area contributed by atoms with Crippen molar-refractivity contribution < 1.29 is 24.5 Å². The van der Waals surface area contributed by atoms with E-state index in [1.807, 2.05) is 30.3 Å². The molecular formula is C36H43NO5. The SMILES string of the molecule is C[C@]12CCC(OCCCN3C(=O)c4ccccc4C3=O)C=C1CC[C@@H]1[C@H]2CC[C@]2(C)C(O)(c3ccccc3)CC[C@@]12O. The molecule has 6 heteroatoms. The van der Waals surface area contributed by atoms with Crippen molar-refractivity contribution in [3.63, 3.8) is 0 Å². The summed E-state index contributed by atoms with van der Waals surface area (Å²) in [6.07, 6.45) is 9.92. The van der Waals surface area contributed by atoms with Gasteiger partial charge in [-0.15, -0.1) is 0 Å². The van der Waals surface area contributed by atoms with Crippen molar-refractivity contribution in [2.45, 2.75) is 88.9 Å². The zero-order chi connectivity index (χ0) is 29.3. The van der Waals surface area contributed by atoms with Crippen molar-refractivity contribution in [2.75, 3.05) is 13.2 Å². The number of aliphatic hydroxyl groups is 2. The number of allylic oxidation sites excluding steroid dienone is 1. The number of hydrogen-bond acceptors (Lipinski definition) is 5. The third-order valence-corrected chi connectivity index (χ3v) is 12.4. The van der Waals surface area contributed by atoms with Crippen molar-refractivity contribution in [3.8, 4) is 0 Å². The quantitative estimate of drug-likeness (QED) is 0.252. The van der Waals surface area contributed by atoms with Gasteiger partial charge in [-0.3, -0.25) is 14.5 Å². The average molecular weight is 570 g/mol. The molecule has 1 heterocycles. The minimum Gasteiger partial charge on any atom is -0.389 e. The molecule has 2 aromatic rings. The number of imide groups is 1. The number of hydrogen-bond donors (Lipinski definition) is 2. The fourth-order valence-electron chi connectivity index (χ4n) is 9.89. The molecule has 2 unspecified atom stereocenters. The van der Waals surface area contributed by atoms with E-state index in [9.17, 15) is 19.8 Å². The number of fused-ring (bicyclic) bond motifs is 6. The zero-order valence-electron chi connectivity index (χ0n) is 24.9. The van der Waals surface area contributed by atoms with Gasteiger partial charge < -0.3 is 14.9 Å². The van der Waals surface area contributed by atoms with Crippen LogP contribution in [0.5, 0.6) is 0 Å². The molecule has 5 aliphatic rings. The topological polar surface area (TPSA) is 87.1 Å². The Kier molecular flexibility index (Phi) is 6.58. The Balaban J connectivity index is 1.01.